The summed E-state index contributed by atoms with van der Waals surface area (Å²) in [6, 6.07) is 3.72. The fourth-order valence-electron chi connectivity index (χ4n) is 2.63. The summed E-state index contributed by atoms with van der Waals surface area (Å²) < 4.78 is 7.25. The molecule has 1 aliphatic rings. The molecular formula is C14H19N5O2. The Morgan fingerprint density at radius 2 is 2.48 bits per heavy atom. The maximum atomic E-state index is 12.5. The number of carbonyl (C=O) groups excluding carboxylic acids is 1. The highest BCUT2D eigenvalue weighted by atomic mass is 16.5. The first-order valence-electron chi connectivity index (χ1n) is 7.23. The molecule has 7 nitrogen and oxygen atoms in total. The normalized spacial score (nSPS) is 18.9. The van der Waals surface area contributed by atoms with E-state index in [1.807, 2.05) is 23.2 Å². The molecule has 2 amide bonds. The Bertz CT molecular complexity index is 625. The number of carbonyl (C=O) groups is 1. The molecule has 0 aromatic carbocycles. The molecule has 0 aliphatic carbocycles. The Labute approximate surface area is 122 Å². The largest absolute Gasteiger partial charge is 0.377 e. The third-order valence-corrected chi connectivity index (χ3v) is 3.68. The number of fused-ring (bicyclic) bond motifs is 1. The van der Waals surface area contributed by atoms with Crippen molar-refractivity contribution in [1.29, 1.82) is 0 Å². The summed E-state index contributed by atoms with van der Waals surface area (Å²) in [5.41, 5.74) is 1.31. The van der Waals surface area contributed by atoms with Crippen molar-refractivity contribution < 1.29 is 9.53 Å². The zero-order chi connectivity index (χ0) is 14.7. The molecule has 1 atom stereocenters. The van der Waals surface area contributed by atoms with Gasteiger partial charge in [0, 0.05) is 12.7 Å². The van der Waals surface area contributed by atoms with Gasteiger partial charge in [0.05, 0.1) is 24.9 Å². The van der Waals surface area contributed by atoms with Crippen LogP contribution in [-0.2, 0) is 4.74 Å². The SMILES string of the molecule is CCC[C@H]1COCCN1C(=O)Nc1cccn2cnnc12. The van der Waals surface area contributed by atoms with Crippen molar-refractivity contribution in [3.8, 4) is 0 Å². The molecule has 2 aromatic heterocycles. The molecule has 0 saturated carbocycles. The van der Waals surface area contributed by atoms with Gasteiger partial charge in [0.2, 0.25) is 0 Å². The summed E-state index contributed by atoms with van der Waals surface area (Å²) in [6.45, 7) is 3.92. The van der Waals surface area contributed by atoms with Crippen LogP contribution >= 0.6 is 0 Å². The van der Waals surface area contributed by atoms with E-state index in [1.165, 1.54) is 0 Å². The number of pyridine rings is 1. The van der Waals surface area contributed by atoms with Crippen molar-refractivity contribution in [2.24, 2.45) is 0 Å². The molecule has 7 heteroatoms. The van der Waals surface area contributed by atoms with E-state index >= 15 is 0 Å². The predicted octanol–water partition coefficient (Wildman–Crippen LogP) is 1.76. The standard InChI is InChI=1S/C14H19N5O2/c1-2-4-11-9-21-8-7-19(11)14(20)16-12-5-3-6-18-10-15-17-13(12)18/h3,5-6,10-11H,2,4,7-9H2,1H3,(H,16,20)/t11-/m0/s1. The predicted molar refractivity (Wildman–Crippen MR) is 78.2 cm³/mol. The Balaban J connectivity index is 1.77. The quantitative estimate of drug-likeness (QED) is 0.934. The summed E-state index contributed by atoms with van der Waals surface area (Å²) in [7, 11) is 0. The molecule has 0 bridgehead atoms. The number of hydrogen-bond donors (Lipinski definition) is 1. The van der Waals surface area contributed by atoms with Crippen LogP contribution in [0.1, 0.15) is 19.8 Å². The van der Waals surface area contributed by atoms with Crippen molar-refractivity contribution in [3.63, 3.8) is 0 Å². The molecule has 1 aliphatic heterocycles. The molecule has 0 spiro atoms. The highest BCUT2D eigenvalue weighted by molar-refractivity contribution is 5.93. The molecule has 1 fully saturated rings. The van der Waals surface area contributed by atoms with E-state index in [0.717, 1.165) is 12.8 Å². The Morgan fingerprint density at radius 1 is 1.57 bits per heavy atom. The summed E-state index contributed by atoms with van der Waals surface area (Å²) in [6.07, 6.45) is 5.43. The van der Waals surface area contributed by atoms with Crippen LogP contribution in [0.2, 0.25) is 0 Å². The fraction of sp³-hybridized carbons (Fsp3) is 0.500. The molecule has 0 unspecified atom stereocenters. The number of ether oxygens (including phenoxy) is 1. The Hall–Kier alpha value is -2.15. The van der Waals surface area contributed by atoms with Crippen molar-refractivity contribution in [3.05, 3.63) is 24.7 Å². The van der Waals surface area contributed by atoms with Gasteiger partial charge in [-0.25, -0.2) is 4.79 Å². The average Bonchev–Trinajstić information content (AvgIpc) is 2.98. The number of nitrogens with one attached hydrogen (secondary N) is 1. The zero-order valence-corrected chi connectivity index (χ0v) is 12.0. The Morgan fingerprint density at radius 3 is 3.33 bits per heavy atom. The first kappa shape index (κ1) is 13.8. The van der Waals surface area contributed by atoms with Crippen molar-refractivity contribution in [1.82, 2.24) is 19.5 Å². The number of nitrogens with zero attached hydrogens (tertiary/aromatic N) is 4. The minimum Gasteiger partial charge on any atom is -0.377 e. The second kappa shape index (κ2) is 6.09. The van der Waals surface area contributed by atoms with Crippen LogP contribution in [0.25, 0.3) is 5.65 Å². The van der Waals surface area contributed by atoms with Crippen LogP contribution in [-0.4, -0.2) is 51.3 Å². The van der Waals surface area contributed by atoms with Gasteiger partial charge in [-0.2, -0.15) is 0 Å². The third kappa shape index (κ3) is 2.82. The maximum Gasteiger partial charge on any atom is 0.322 e. The van der Waals surface area contributed by atoms with E-state index in [-0.39, 0.29) is 12.1 Å². The second-order valence-corrected chi connectivity index (χ2v) is 5.12. The molecule has 2 aromatic rings. The smallest absolute Gasteiger partial charge is 0.322 e. The molecule has 21 heavy (non-hydrogen) atoms. The van der Waals surface area contributed by atoms with Crippen LogP contribution in [0.15, 0.2) is 24.7 Å². The number of morpholine rings is 1. The summed E-state index contributed by atoms with van der Waals surface area (Å²) in [5, 5.41) is 10.8. The third-order valence-electron chi connectivity index (χ3n) is 3.68. The van der Waals surface area contributed by atoms with Crippen LogP contribution in [0.3, 0.4) is 0 Å². The zero-order valence-electron chi connectivity index (χ0n) is 12.0. The lowest BCUT2D eigenvalue weighted by Crippen LogP contribution is -2.50. The van der Waals surface area contributed by atoms with E-state index in [1.54, 1.807) is 10.7 Å². The highest BCUT2D eigenvalue weighted by Crippen LogP contribution is 2.17. The minimum atomic E-state index is -0.104. The summed E-state index contributed by atoms with van der Waals surface area (Å²) in [4.78, 5) is 14.4. The van der Waals surface area contributed by atoms with Gasteiger partial charge in [0.1, 0.15) is 6.33 Å². The lowest BCUT2D eigenvalue weighted by atomic mass is 10.1. The van der Waals surface area contributed by atoms with E-state index in [0.29, 0.717) is 31.1 Å². The number of amides is 2. The first-order valence-corrected chi connectivity index (χ1v) is 7.23. The van der Waals surface area contributed by atoms with Crippen LogP contribution < -0.4 is 5.32 Å². The maximum absolute atomic E-state index is 12.5. The van der Waals surface area contributed by atoms with Gasteiger partial charge in [-0.05, 0) is 18.6 Å². The Kier molecular flexibility index (Phi) is 4.01. The molecule has 3 rings (SSSR count). The topological polar surface area (TPSA) is 71.8 Å². The van der Waals surface area contributed by atoms with Gasteiger partial charge in [0.15, 0.2) is 5.65 Å². The first-order chi connectivity index (χ1) is 10.3. The van der Waals surface area contributed by atoms with Crippen molar-refractivity contribution in [2.45, 2.75) is 25.8 Å². The number of aromatic nitrogens is 3. The fourth-order valence-corrected chi connectivity index (χ4v) is 2.63. The van der Waals surface area contributed by atoms with Gasteiger partial charge in [0.25, 0.3) is 0 Å². The van der Waals surface area contributed by atoms with Gasteiger partial charge >= 0.3 is 6.03 Å². The molecule has 0 radical (unpaired) electrons. The monoisotopic (exact) mass is 289 g/mol. The summed E-state index contributed by atoms with van der Waals surface area (Å²) >= 11 is 0. The van der Waals surface area contributed by atoms with Gasteiger partial charge in [-0.3, -0.25) is 4.40 Å². The molecule has 1 saturated heterocycles. The minimum absolute atomic E-state index is 0.104. The van der Waals surface area contributed by atoms with Crippen molar-refractivity contribution in [2.75, 3.05) is 25.1 Å². The number of rotatable bonds is 3. The van der Waals surface area contributed by atoms with Crippen molar-refractivity contribution >= 4 is 17.4 Å². The lowest BCUT2D eigenvalue weighted by Gasteiger charge is -2.35. The van der Waals surface area contributed by atoms with Gasteiger partial charge < -0.3 is 15.0 Å². The van der Waals surface area contributed by atoms with Crippen LogP contribution in [0.4, 0.5) is 10.5 Å². The molecule has 1 N–H and O–H groups in total. The number of hydrogen-bond acceptors (Lipinski definition) is 4. The van der Waals surface area contributed by atoms with Gasteiger partial charge in [-0.15, -0.1) is 10.2 Å². The highest BCUT2D eigenvalue weighted by Gasteiger charge is 2.27. The lowest BCUT2D eigenvalue weighted by molar-refractivity contribution is 0.0125. The number of urea groups is 1. The average molecular weight is 289 g/mol. The number of anilines is 1. The van der Waals surface area contributed by atoms with E-state index in [4.69, 9.17) is 4.74 Å². The van der Waals surface area contributed by atoms with E-state index in [2.05, 4.69) is 22.4 Å². The summed E-state index contributed by atoms with van der Waals surface area (Å²) in [5.74, 6) is 0. The molecule has 112 valence electrons. The van der Waals surface area contributed by atoms with Crippen LogP contribution in [0.5, 0.6) is 0 Å². The molecule has 3 heterocycles. The van der Waals surface area contributed by atoms with E-state index < -0.39 is 0 Å². The van der Waals surface area contributed by atoms with Gasteiger partial charge in [-0.1, -0.05) is 13.3 Å². The van der Waals surface area contributed by atoms with Crippen LogP contribution in [0, 0.1) is 0 Å². The molecular weight excluding hydrogens is 270 g/mol. The second-order valence-electron chi connectivity index (χ2n) is 5.12. The van der Waals surface area contributed by atoms with E-state index in [9.17, 15) is 4.79 Å².